The van der Waals surface area contributed by atoms with Crippen LogP contribution >= 0.6 is 11.6 Å². The van der Waals surface area contributed by atoms with Gasteiger partial charge in [0.25, 0.3) is 0 Å². The van der Waals surface area contributed by atoms with E-state index in [9.17, 15) is 4.79 Å². The molecule has 2 aromatic heterocycles. The van der Waals surface area contributed by atoms with Gasteiger partial charge >= 0.3 is 0 Å². The first-order valence-corrected chi connectivity index (χ1v) is 10.6. The van der Waals surface area contributed by atoms with E-state index in [0.29, 0.717) is 23.2 Å². The lowest BCUT2D eigenvalue weighted by Gasteiger charge is -2.30. The van der Waals surface area contributed by atoms with Crippen LogP contribution in [0.1, 0.15) is 31.6 Å². The number of hydrogen-bond donors (Lipinski definition) is 3. The average molecular weight is 441 g/mol. The summed E-state index contributed by atoms with van der Waals surface area (Å²) in [5.74, 6) is 0.423. The van der Waals surface area contributed by atoms with E-state index in [4.69, 9.17) is 26.7 Å². The van der Waals surface area contributed by atoms with Gasteiger partial charge in [0.05, 0.1) is 35.5 Å². The normalized spacial score (nSPS) is 19.5. The SMILES string of the molecule is CN/C=C(\C=N)NC(=O)Cc1nc2cnc3ccc(Cl)cc3c2n1[C@@H]1CCO[C@H](C)C1. The number of aromatic nitrogens is 3. The van der Waals surface area contributed by atoms with Crippen molar-refractivity contribution in [1.29, 1.82) is 5.41 Å². The number of pyridine rings is 1. The van der Waals surface area contributed by atoms with Gasteiger partial charge in [0, 0.05) is 42.5 Å². The first kappa shape index (κ1) is 21.3. The highest BCUT2D eigenvalue weighted by molar-refractivity contribution is 6.31. The molecule has 162 valence electrons. The lowest BCUT2D eigenvalue weighted by molar-refractivity contribution is -0.119. The maximum absolute atomic E-state index is 12.8. The molecule has 2 atom stereocenters. The summed E-state index contributed by atoms with van der Waals surface area (Å²) in [6, 6.07) is 5.77. The lowest BCUT2D eigenvalue weighted by atomic mass is 10.0. The van der Waals surface area contributed by atoms with Gasteiger partial charge in [-0.2, -0.15) is 0 Å². The van der Waals surface area contributed by atoms with Gasteiger partial charge in [0.1, 0.15) is 11.3 Å². The Bertz CT molecular complexity index is 1170. The van der Waals surface area contributed by atoms with Crippen LogP contribution < -0.4 is 10.6 Å². The molecule has 3 heterocycles. The Kier molecular flexibility index (Phi) is 6.20. The zero-order valence-corrected chi connectivity index (χ0v) is 18.2. The largest absolute Gasteiger partial charge is 0.392 e. The Morgan fingerprint density at radius 1 is 1.42 bits per heavy atom. The topological polar surface area (TPSA) is 105 Å². The molecule has 0 aliphatic carbocycles. The minimum absolute atomic E-state index is 0.0807. The number of allylic oxidation sites excluding steroid dienone is 1. The van der Waals surface area contributed by atoms with Crippen LogP contribution in [0.25, 0.3) is 21.9 Å². The van der Waals surface area contributed by atoms with Gasteiger partial charge in [-0.05, 0) is 38.0 Å². The predicted octanol–water partition coefficient (Wildman–Crippen LogP) is 3.35. The van der Waals surface area contributed by atoms with E-state index >= 15 is 0 Å². The number of halogens is 1. The molecular formula is C22H25ClN6O2. The third kappa shape index (κ3) is 4.40. The molecule has 0 saturated carbocycles. The van der Waals surface area contributed by atoms with E-state index in [1.807, 2.05) is 18.2 Å². The monoisotopic (exact) mass is 440 g/mol. The molecule has 1 aliphatic rings. The number of benzene rings is 1. The van der Waals surface area contributed by atoms with Crippen LogP contribution in [0.5, 0.6) is 0 Å². The fraction of sp³-hybridized carbons (Fsp3) is 0.364. The van der Waals surface area contributed by atoms with Crippen LogP contribution in [0, 0.1) is 5.41 Å². The van der Waals surface area contributed by atoms with Crippen molar-refractivity contribution >= 4 is 45.7 Å². The van der Waals surface area contributed by atoms with Crippen molar-refractivity contribution < 1.29 is 9.53 Å². The molecular weight excluding hydrogens is 416 g/mol. The average Bonchev–Trinajstić information content (AvgIpc) is 3.11. The molecule has 0 bridgehead atoms. The number of ether oxygens (including phenoxy) is 1. The van der Waals surface area contributed by atoms with Crippen molar-refractivity contribution in [3.05, 3.63) is 47.1 Å². The van der Waals surface area contributed by atoms with Crippen LogP contribution in [-0.2, 0) is 16.0 Å². The van der Waals surface area contributed by atoms with Gasteiger partial charge in [-0.25, -0.2) is 4.98 Å². The van der Waals surface area contributed by atoms with Gasteiger partial charge in [0.2, 0.25) is 5.91 Å². The highest BCUT2D eigenvalue weighted by atomic mass is 35.5. The molecule has 1 aliphatic heterocycles. The standard InChI is InChI=1S/C22H25ClN6O2/c1-13-7-16(5-6-31-13)29-20(9-21(30)27-15(10-24)11-25-2)28-19-12-26-18-4-3-14(23)8-17(18)22(19)29/h3-4,8,10-13,16,24-25H,5-7,9H2,1-2H3,(H,27,30)/b15-11+,24-10?/t13-,16-/m1/s1. The third-order valence-corrected chi connectivity index (χ3v) is 5.67. The van der Waals surface area contributed by atoms with E-state index in [0.717, 1.165) is 41.0 Å². The summed E-state index contributed by atoms with van der Waals surface area (Å²) < 4.78 is 7.92. The van der Waals surface area contributed by atoms with Crippen molar-refractivity contribution in [2.45, 2.75) is 38.3 Å². The number of carbonyl (C=O) groups excluding carboxylic acids is 1. The molecule has 1 amide bonds. The molecule has 4 rings (SSSR count). The molecule has 0 spiro atoms. The van der Waals surface area contributed by atoms with Crippen molar-refractivity contribution in [3.8, 4) is 0 Å². The fourth-order valence-corrected chi connectivity index (χ4v) is 4.31. The second-order valence-corrected chi connectivity index (χ2v) is 8.11. The molecule has 8 nitrogen and oxygen atoms in total. The predicted molar refractivity (Wildman–Crippen MR) is 122 cm³/mol. The molecule has 0 unspecified atom stereocenters. The number of nitrogens with zero attached hydrogens (tertiary/aromatic N) is 3. The molecule has 1 aromatic carbocycles. The number of nitrogens with one attached hydrogen (secondary N) is 3. The lowest BCUT2D eigenvalue weighted by Crippen LogP contribution is -2.30. The van der Waals surface area contributed by atoms with Crippen LogP contribution in [0.4, 0.5) is 0 Å². The molecule has 31 heavy (non-hydrogen) atoms. The van der Waals surface area contributed by atoms with E-state index < -0.39 is 0 Å². The summed E-state index contributed by atoms with van der Waals surface area (Å²) in [5.41, 5.74) is 2.88. The van der Waals surface area contributed by atoms with Crippen LogP contribution in [-0.4, -0.2) is 46.4 Å². The highest BCUT2D eigenvalue weighted by Gasteiger charge is 2.27. The summed E-state index contributed by atoms with van der Waals surface area (Å²) in [4.78, 5) is 22.1. The summed E-state index contributed by atoms with van der Waals surface area (Å²) in [6.07, 6.45) is 6.27. The number of fused-ring (bicyclic) bond motifs is 3. The summed E-state index contributed by atoms with van der Waals surface area (Å²) in [5, 5.41) is 14.6. The minimum Gasteiger partial charge on any atom is -0.392 e. The van der Waals surface area contributed by atoms with Crippen molar-refractivity contribution in [3.63, 3.8) is 0 Å². The molecule has 3 aromatic rings. The van der Waals surface area contributed by atoms with Gasteiger partial charge in [-0.1, -0.05) is 11.6 Å². The molecule has 1 saturated heterocycles. The second kappa shape index (κ2) is 9.03. The summed E-state index contributed by atoms with van der Waals surface area (Å²) in [7, 11) is 1.71. The number of hydrogen-bond acceptors (Lipinski definition) is 6. The van der Waals surface area contributed by atoms with Crippen molar-refractivity contribution in [2.24, 2.45) is 0 Å². The molecule has 9 heteroatoms. The molecule has 3 N–H and O–H groups in total. The van der Waals surface area contributed by atoms with Gasteiger partial charge < -0.3 is 25.3 Å². The maximum atomic E-state index is 12.8. The molecule has 1 fully saturated rings. The van der Waals surface area contributed by atoms with E-state index in [1.54, 1.807) is 19.4 Å². The Hall–Kier alpha value is -2.97. The molecule has 0 radical (unpaired) electrons. The summed E-state index contributed by atoms with van der Waals surface area (Å²) >= 11 is 6.30. The Balaban J connectivity index is 1.82. The van der Waals surface area contributed by atoms with E-state index in [-0.39, 0.29) is 24.5 Å². The maximum Gasteiger partial charge on any atom is 0.232 e. The minimum atomic E-state index is -0.239. The Labute approximate surface area is 185 Å². The third-order valence-electron chi connectivity index (χ3n) is 5.43. The highest BCUT2D eigenvalue weighted by Crippen LogP contribution is 2.34. The second-order valence-electron chi connectivity index (χ2n) is 7.67. The zero-order valence-electron chi connectivity index (χ0n) is 17.5. The number of imidazole rings is 1. The first-order valence-electron chi connectivity index (χ1n) is 10.2. The van der Waals surface area contributed by atoms with Gasteiger partial charge in [0.15, 0.2) is 0 Å². The van der Waals surface area contributed by atoms with Crippen LogP contribution in [0.2, 0.25) is 5.02 Å². The van der Waals surface area contributed by atoms with Crippen molar-refractivity contribution in [1.82, 2.24) is 25.2 Å². The zero-order chi connectivity index (χ0) is 22.0. The fourth-order valence-electron chi connectivity index (χ4n) is 4.14. The number of carbonyl (C=O) groups is 1. The van der Waals surface area contributed by atoms with Gasteiger partial charge in [-0.3, -0.25) is 9.78 Å². The Morgan fingerprint density at radius 2 is 2.26 bits per heavy atom. The van der Waals surface area contributed by atoms with E-state index in [2.05, 4.69) is 27.1 Å². The van der Waals surface area contributed by atoms with Gasteiger partial charge in [-0.15, -0.1) is 0 Å². The van der Waals surface area contributed by atoms with Crippen molar-refractivity contribution in [2.75, 3.05) is 13.7 Å². The van der Waals surface area contributed by atoms with E-state index in [1.165, 1.54) is 0 Å². The number of rotatable bonds is 6. The first-order chi connectivity index (χ1) is 15.0. The Morgan fingerprint density at radius 3 is 3.00 bits per heavy atom. The van der Waals surface area contributed by atoms with Crippen LogP contribution in [0.15, 0.2) is 36.3 Å². The quantitative estimate of drug-likeness (QED) is 0.510. The summed E-state index contributed by atoms with van der Waals surface area (Å²) in [6.45, 7) is 2.72. The smallest absolute Gasteiger partial charge is 0.232 e. The van der Waals surface area contributed by atoms with Crippen LogP contribution in [0.3, 0.4) is 0 Å². The number of amides is 1.